The standard InChI is InChI=1S/C15H20N2O3/c18-12(8-17-13(19)7-16-14(17)20)15-4-9-1-10(5-15)3-11(2-9)6-15/h9-11H,1-8H2,(H,16,20). The molecule has 1 N–H and O–H groups in total. The van der Waals surface area contributed by atoms with Crippen molar-refractivity contribution in [1.82, 2.24) is 10.2 Å². The van der Waals surface area contributed by atoms with Crippen molar-refractivity contribution in [3.05, 3.63) is 0 Å². The fraction of sp³-hybridized carbons (Fsp3) is 0.800. The van der Waals surface area contributed by atoms with Gasteiger partial charge in [0, 0.05) is 5.41 Å². The summed E-state index contributed by atoms with van der Waals surface area (Å²) in [5, 5.41) is 2.48. The van der Waals surface area contributed by atoms with Crippen molar-refractivity contribution in [2.75, 3.05) is 13.1 Å². The van der Waals surface area contributed by atoms with Crippen LogP contribution in [0.3, 0.4) is 0 Å². The average Bonchev–Trinajstić information content (AvgIpc) is 2.69. The third-order valence-corrected chi connectivity index (χ3v) is 5.87. The maximum atomic E-state index is 12.8. The largest absolute Gasteiger partial charge is 0.329 e. The number of imide groups is 1. The Kier molecular flexibility index (Phi) is 2.51. The smallest absolute Gasteiger partial charge is 0.324 e. The molecular weight excluding hydrogens is 256 g/mol. The van der Waals surface area contributed by atoms with Gasteiger partial charge < -0.3 is 5.32 Å². The molecule has 4 aliphatic carbocycles. The summed E-state index contributed by atoms with van der Waals surface area (Å²) in [6.45, 7) is 0.0177. The van der Waals surface area contributed by atoms with E-state index in [2.05, 4.69) is 5.32 Å². The van der Waals surface area contributed by atoms with Gasteiger partial charge in [-0.15, -0.1) is 0 Å². The quantitative estimate of drug-likeness (QED) is 0.791. The summed E-state index contributed by atoms with van der Waals surface area (Å²) < 4.78 is 0. The van der Waals surface area contributed by atoms with E-state index in [4.69, 9.17) is 0 Å². The molecule has 5 rings (SSSR count). The first kappa shape index (κ1) is 12.4. The second-order valence-electron chi connectivity index (χ2n) is 7.26. The predicted molar refractivity (Wildman–Crippen MR) is 70.7 cm³/mol. The number of nitrogens with one attached hydrogen (secondary N) is 1. The lowest BCUT2D eigenvalue weighted by molar-refractivity contribution is -0.146. The van der Waals surface area contributed by atoms with Gasteiger partial charge in [0.1, 0.15) is 0 Å². The SMILES string of the molecule is O=C1CNC(=O)N1CC(=O)C12CC3CC(CC(C3)C1)C2. The zero-order chi connectivity index (χ0) is 13.9. The van der Waals surface area contributed by atoms with Crippen LogP contribution in [0.25, 0.3) is 0 Å². The molecule has 1 heterocycles. The molecule has 5 fully saturated rings. The molecule has 20 heavy (non-hydrogen) atoms. The molecule has 0 aromatic rings. The van der Waals surface area contributed by atoms with E-state index in [1.54, 1.807) is 0 Å². The number of amides is 3. The van der Waals surface area contributed by atoms with E-state index >= 15 is 0 Å². The summed E-state index contributed by atoms with van der Waals surface area (Å²) in [4.78, 5) is 37.1. The van der Waals surface area contributed by atoms with Crippen molar-refractivity contribution >= 4 is 17.7 Å². The van der Waals surface area contributed by atoms with Crippen LogP contribution in [0.5, 0.6) is 0 Å². The van der Waals surface area contributed by atoms with Gasteiger partial charge in [0.2, 0.25) is 5.91 Å². The topological polar surface area (TPSA) is 66.5 Å². The van der Waals surface area contributed by atoms with Crippen molar-refractivity contribution in [1.29, 1.82) is 0 Å². The maximum absolute atomic E-state index is 12.8. The molecule has 5 nitrogen and oxygen atoms in total. The van der Waals surface area contributed by atoms with Crippen molar-refractivity contribution in [2.45, 2.75) is 38.5 Å². The number of nitrogens with zero attached hydrogens (tertiary/aromatic N) is 1. The first-order chi connectivity index (χ1) is 9.56. The van der Waals surface area contributed by atoms with Gasteiger partial charge in [-0.05, 0) is 56.3 Å². The summed E-state index contributed by atoms with van der Waals surface area (Å²) in [6, 6.07) is -0.409. The number of rotatable bonds is 3. The monoisotopic (exact) mass is 276 g/mol. The van der Waals surface area contributed by atoms with Gasteiger partial charge in [-0.25, -0.2) is 4.79 Å². The van der Waals surface area contributed by atoms with Gasteiger partial charge in [-0.3, -0.25) is 14.5 Å². The van der Waals surface area contributed by atoms with Crippen LogP contribution in [0.15, 0.2) is 0 Å². The van der Waals surface area contributed by atoms with E-state index in [9.17, 15) is 14.4 Å². The number of Topliss-reactive ketones (excluding diaryl/α,β-unsaturated/α-hetero) is 1. The van der Waals surface area contributed by atoms with Crippen LogP contribution in [0, 0.1) is 23.2 Å². The first-order valence-electron chi connectivity index (χ1n) is 7.67. The van der Waals surface area contributed by atoms with Gasteiger partial charge in [0.05, 0.1) is 13.1 Å². The third-order valence-electron chi connectivity index (χ3n) is 5.87. The van der Waals surface area contributed by atoms with Crippen molar-refractivity contribution in [3.8, 4) is 0 Å². The summed E-state index contributed by atoms with van der Waals surface area (Å²) >= 11 is 0. The predicted octanol–water partition coefficient (Wildman–Crippen LogP) is 1.32. The highest BCUT2D eigenvalue weighted by Gasteiger charge is 2.54. The van der Waals surface area contributed by atoms with Crippen LogP contribution >= 0.6 is 0 Å². The molecule has 0 unspecified atom stereocenters. The van der Waals surface area contributed by atoms with E-state index in [0.29, 0.717) is 17.8 Å². The number of hydrogen-bond donors (Lipinski definition) is 1. The van der Waals surface area contributed by atoms with Crippen LogP contribution in [0.4, 0.5) is 4.79 Å². The molecule has 0 aromatic carbocycles. The summed E-state index contributed by atoms with van der Waals surface area (Å²) in [6.07, 6.45) is 6.82. The lowest BCUT2D eigenvalue weighted by Gasteiger charge is -2.56. The van der Waals surface area contributed by atoms with Crippen LogP contribution < -0.4 is 5.32 Å². The minimum atomic E-state index is -0.409. The van der Waals surface area contributed by atoms with Gasteiger partial charge in [0.25, 0.3) is 0 Å². The molecule has 0 radical (unpaired) electrons. The number of urea groups is 1. The molecule has 5 aliphatic rings. The highest BCUT2D eigenvalue weighted by Crippen LogP contribution is 2.60. The average molecular weight is 276 g/mol. The molecule has 108 valence electrons. The van der Waals surface area contributed by atoms with Gasteiger partial charge >= 0.3 is 6.03 Å². The Bertz CT molecular complexity index is 448. The number of hydrogen-bond acceptors (Lipinski definition) is 3. The van der Waals surface area contributed by atoms with Crippen molar-refractivity contribution < 1.29 is 14.4 Å². The Morgan fingerprint density at radius 1 is 1.10 bits per heavy atom. The van der Waals surface area contributed by atoms with E-state index in [-0.39, 0.29) is 30.2 Å². The molecule has 4 bridgehead atoms. The van der Waals surface area contributed by atoms with E-state index in [1.165, 1.54) is 19.3 Å². The van der Waals surface area contributed by atoms with E-state index in [0.717, 1.165) is 24.2 Å². The molecule has 0 spiro atoms. The van der Waals surface area contributed by atoms with Gasteiger partial charge in [-0.1, -0.05) is 0 Å². The lowest BCUT2D eigenvalue weighted by atomic mass is 9.48. The van der Waals surface area contributed by atoms with E-state index in [1.807, 2.05) is 0 Å². The zero-order valence-electron chi connectivity index (χ0n) is 11.6. The van der Waals surface area contributed by atoms with E-state index < -0.39 is 6.03 Å². The molecule has 5 heteroatoms. The summed E-state index contributed by atoms with van der Waals surface area (Å²) in [5.74, 6) is 1.96. The highest BCUT2D eigenvalue weighted by molar-refractivity contribution is 6.05. The Balaban J connectivity index is 1.53. The Labute approximate surface area is 118 Å². The third kappa shape index (κ3) is 1.71. The second-order valence-corrected chi connectivity index (χ2v) is 7.26. The minimum absolute atomic E-state index is 0.0170. The van der Waals surface area contributed by atoms with Gasteiger partial charge in [-0.2, -0.15) is 0 Å². The number of carbonyl (C=O) groups is 3. The Morgan fingerprint density at radius 2 is 1.65 bits per heavy atom. The normalized spacial score (nSPS) is 42.2. The zero-order valence-corrected chi connectivity index (χ0v) is 11.6. The lowest BCUT2D eigenvalue weighted by Crippen LogP contribution is -2.53. The Hall–Kier alpha value is -1.39. The van der Waals surface area contributed by atoms with Crippen LogP contribution in [0.2, 0.25) is 0 Å². The van der Waals surface area contributed by atoms with Crippen LogP contribution in [-0.2, 0) is 9.59 Å². The van der Waals surface area contributed by atoms with Crippen molar-refractivity contribution in [3.63, 3.8) is 0 Å². The van der Waals surface area contributed by atoms with Crippen LogP contribution in [-0.4, -0.2) is 35.7 Å². The molecule has 3 amide bonds. The fourth-order valence-electron chi connectivity index (χ4n) is 5.38. The molecule has 0 aromatic heterocycles. The molecular formula is C15H20N2O3. The molecule has 0 atom stereocenters. The number of ketones is 1. The molecule has 1 saturated heterocycles. The number of carbonyl (C=O) groups excluding carboxylic acids is 3. The Morgan fingerprint density at radius 3 is 2.10 bits per heavy atom. The summed E-state index contributed by atoms with van der Waals surface area (Å²) in [7, 11) is 0. The summed E-state index contributed by atoms with van der Waals surface area (Å²) in [5.41, 5.74) is -0.224. The fourth-order valence-corrected chi connectivity index (χ4v) is 5.38. The van der Waals surface area contributed by atoms with Gasteiger partial charge in [0.15, 0.2) is 5.78 Å². The first-order valence-corrected chi connectivity index (χ1v) is 7.67. The second kappa shape index (κ2) is 4.06. The molecule has 1 aliphatic heterocycles. The minimum Gasteiger partial charge on any atom is -0.329 e. The maximum Gasteiger partial charge on any atom is 0.324 e. The van der Waals surface area contributed by atoms with Crippen LogP contribution in [0.1, 0.15) is 38.5 Å². The van der Waals surface area contributed by atoms with Crippen molar-refractivity contribution in [2.24, 2.45) is 23.2 Å². The highest BCUT2D eigenvalue weighted by atomic mass is 16.2. The molecule has 4 saturated carbocycles.